The van der Waals surface area contributed by atoms with Gasteiger partial charge in [0.1, 0.15) is 19.8 Å². The average Bonchev–Trinajstić information content (AvgIpc) is 2.27. The van der Waals surface area contributed by atoms with Crippen LogP contribution in [0.15, 0.2) is 72.9 Å². The summed E-state index contributed by atoms with van der Waals surface area (Å²) in [4.78, 5) is 38.2. The molecule has 0 fully saturated rings. The van der Waals surface area contributed by atoms with Crippen LogP contribution in [0.3, 0.4) is 0 Å². The van der Waals surface area contributed by atoms with Gasteiger partial charge in [-0.3, -0.25) is 14.2 Å². The lowest BCUT2D eigenvalue weighted by Gasteiger charge is -2.28. The van der Waals surface area contributed by atoms with Crippen LogP contribution in [0.1, 0.15) is 393 Å². The van der Waals surface area contributed by atoms with Crippen molar-refractivity contribution in [1.29, 1.82) is 0 Å². The van der Waals surface area contributed by atoms with E-state index in [1.54, 1.807) is 0 Å². The number of carbonyl (C=O) groups is 2. The molecule has 9 nitrogen and oxygen atoms in total. The number of allylic oxidation sites excluding steroid dienone is 12. The monoisotopic (exact) mass is 1320 g/mol. The first-order chi connectivity index (χ1) is 45.5. The zero-order valence-corrected chi connectivity index (χ0v) is 63.1. The first-order valence-electron chi connectivity index (χ1n) is 40.1. The van der Waals surface area contributed by atoms with Crippen LogP contribution in [0.25, 0.3) is 0 Å². The molecule has 0 rings (SSSR count). The van der Waals surface area contributed by atoms with Crippen molar-refractivity contribution < 1.29 is 42.1 Å². The molecule has 0 saturated heterocycles. The molecule has 0 aliphatic rings. The Bertz CT molecular complexity index is 1800. The molecule has 0 bridgehead atoms. The molecule has 2 unspecified atom stereocenters. The SMILES string of the molecule is CC/C=C\C/C=C\C/C=C\C/C=C\C/C=C\C/C=C\CCCCCCCCCCCCCCCCCCCCC(=O)OC(COC(=O)CCCCCCCCCCCCCCCCCCCCCCCCCCCCCCCCCC)COP(=O)([O-])OCC[N+](C)(C)C. The first kappa shape index (κ1) is 90.5. The quantitative estimate of drug-likeness (QED) is 0.0195. The maximum Gasteiger partial charge on any atom is 0.306 e. The highest BCUT2D eigenvalue weighted by molar-refractivity contribution is 7.45. The third-order valence-electron chi connectivity index (χ3n) is 18.0. The number of nitrogens with zero attached hydrogens (tertiary/aromatic N) is 1. The number of rotatable bonds is 75. The Labute approximate surface area is 578 Å². The van der Waals surface area contributed by atoms with Gasteiger partial charge < -0.3 is 27.9 Å². The summed E-state index contributed by atoms with van der Waals surface area (Å²) in [6.07, 6.45) is 100. The fourth-order valence-corrected chi connectivity index (χ4v) is 12.6. The molecule has 0 aliphatic heterocycles. The lowest BCUT2D eigenvalue weighted by Crippen LogP contribution is -2.37. The van der Waals surface area contributed by atoms with Crippen molar-refractivity contribution in [3.63, 3.8) is 0 Å². The molecule has 0 aromatic rings. The van der Waals surface area contributed by atoms with E-state index in [0.717, 1.165) is 77.0 Å². The molecule has 0 spiro atoms. The van der Waals surface area contributed by atoms with Gasteiger partial charge >= 0.3 is 11.9 Å². The van der Waals surface area contributed by atoms with Crippen molar-refractivity contribution >= 4 is 19.8 Å². The zero-order chi connectivity index (χ0) is 67.6. The highest BCUT2D eigenvalue weighted by Gasteiger charge is 2.22. The van der Waals surface area contributed by atoms with E-state index in [1.165, 1.54) is 283 Å². The second kappa shape index (κ2) is 73.7. The molecule has 0 saturated carbocycles. The summed E-state index contributed by atoms with van der Waals surface area (Å²) in [5, 5.41) is 0. The number of phosphoric acid groups is 1. The highest BCUT2D eigenvalue weighted by Crippen LogP contribution is 2.38. The van der Waals surface area contributed by atoms with Crippen molar-refractivity contribution in [3.05, 3.63) is 72.9 Å². The van der Waals surface area contributed by atoms with Gasteiger partial charge in [0.25, 0.3) is 7.82 Å². The standard InChI is InChI=1S/C83H154NO8P/c1-6-8-10-12-14-16-18-20-22-24-26-28-30-32-34-36-38-40-41-42-43-44-46-48-50-52-54-56-58-60-62-64-66-68-70-72-74-76-83(86)92-81(80-91-93(87,88)90-78-77-84(3,4)5)79-89-82(85)75-73-71-69-67-65-63-61-59-57-55-53-51-49-47-45-39-37-35-33-31-29-27-25-23-21-19-17-15-13-11-9-7-2/h8,10,14,16,20,22,26,28,32,34,38,40,81H,6-7,9,11-13,15,17-19,21,23-25,27,29-31,33,35-37,39,41-80H2,1-5H3/b10-8-,16-14-,22-20-,28-26-,34-32-,40-38-. The van der Waals surface area contributed by atoms with Crippen molar-refractivity contribution in [1.82, 2.24) is 0 Å². The minimum atomic E-state index is -4.64. The number of carbonyl (C=O) groups excluding carboxylic acids is 2. The number of esters is 2. The van der Waals surface area contributed by atoms with Crippen LogP contribution in [0.4, 0.5) is 0 Å². The van der Waals surface area contributed by atoms with Crippen LogP contribution in [-0.2, 0) is 32.7 Å². The molecule has 10 heteroatoms. The fraction of sp³-hybridized carbons (Fsp3) is 0.831. The molecule has 2 atom stereocenters. The number of phosphoric ester groups is 1. The Morgan fingerprint density at radius 1 is 0.344 bits per heavy atom. The average molecular weight is 1330 g/mol. The van der Waals surface area contributed by atoms with E-state index in [1.807, 2.05) is 21.1 Å². The van der Waals surface area contributed by atoms with Crippen LogP contribution >= 0.6 is 7.82 Å². The van der Waals surface area contributed by atoms with Crippen molar-refractivity contribution in [2.45, 2.75) is 399 Å². The highest BCUT2D eigenvalue weighted by atomic mass is 31.2. The Kier molecular flexibility index (Phi) is 71.7. The van der Waals surface area contributed by atoms with Crippen LogP contribution in [-0.4, -0.2) is 70.0 Å². The summed E-state index contributed by atoms with van der Waals surface area (Å²) in [6, 6.07) is 0. The third-order valence-corrected chi connectivity index (χ3v) is 19.0. The molecular formula is C83H154NO8P. The molecule has 0 aromatic carbocycles. The van der Waals surface area contributed by atoms with E-state index in [-0.39, 0.29) is 32.0 Å². The van der Waals surface area contributed by atoms with E-state index in [0.29, 0.717) is 17.4 Å². The van der Waals surface area contributed by atoms with Crippen molar-refractivity contribution in [3.8, 4) is 0 Å². The Hall–Kier alpha value is -2.55. The van der Waals surface area contributed by atoms with Gasteiger partial charge in [-0.1, -0.05) is 389 Å². The number of hydrogen-bond acceptors (Lipinski definition) is 8. The lowest BCUT2D eigenvalue weighted by molar-refractivity contribution is -0.870. The molecule has 0 aliphatic carbocycles. The summed E-state index contributed by atoms with van der Waals surface area (Å²) < 4.78 is 34.4. The predicted molar refractivity (Wildman–Crippen MR) is 402 cm³/mol. The van der Waals surface area contributed by atoms with Crippen LogP contribution in [0, 0.1) is 0 Å². The van der Waals surface area contributed by atoms with E-state index in [2.05, 4.69) is 86.8 Å². The minimum Gasteiger partial charge on any atom is -0.756 e. The molecule has 93 heavy (non-hydrogen) atoms. The molecule has 0 amide bonds. The lowest BCUT2D eigenvalue weighted by atomic mass is 10.0. The number of likely N-dealkylation sites (N-methyl/N-ethyl adjacent to an activating group) is 1. The maximum atomic E-state index is 12.9. The van der Waals surface area contributed by atoms with Gasteiger partial charge in [-0.15, -0.1) is 0 Å². The Morgan fingerprint density at radius 3 is 0.914 bits per heavy atom. The molecule has 544 valence electrons. The summed E-state index contributed by atoms with van der Waals surface area (Å²) >= 11 is 0. The minimum absolute atomic E-state index is 0.0292. The van der Waals surface area contributed by atoms with E-state index in [9.17, 15) is 19.0 Å². The summed E-state index contributed by atoms with van der Waals surface area (Å²) in [7, 11) is 1.18. The normalized spacial score (nSPS) is 13.4. The van der Waals surface area contributed by atoms with Crippen molar-refractivity contribution in [2.75, 3.05) is 47.5 Å². The van der Waals surface area contributed by atoms with Crippen LogP contribution in [0.2, 0.25) is 0 Å². The smallest absolute Gasteiger partial charge is 0.306 e. The molecule has 0 N–H and O–H groups in total. The Morgan fingerprint density at radius 2 is 0.613 bits per heavy atom. The summed E-state index contributed by atoms with van der Waals surface area (Å²) in [5.74, 6) is -0.812. The second-order valence-electron chi connectivity index (χ2n) is 28.4. The second-order valence-corrected chi connectivity index (χ2v) is 29.8. The number of quaternary nitrogens is 1. The van der Waals surface area contributed by atoms with Gasteiger partial charge in [-0.2, -0.15) is 0 Å². The molecule has 0 radical (unpaired) electrons. The largest absolute Gasteiger partial charge is 0.756 e. The van der Waals surface area contributed by atoms with Gasteiger partial charge in [-0.25, -0.2) is 0 Å². The van der Waals surface area contributed by atoms with Gasteiger partial charge in [-0.05, 0) is 64.2 Å². The molecular weight excluding hydrogens is 1170 g/mol. The molecule has 0 heterocycles. The topological polar surface area (TPSA) is 111 Å². The summed E-state index contributed by atoms with van der Waals surface area (Å²) in [5.41, 5.74) is 0. The van der Waals surface area contributed by atoms with Crippen LogP contribution < -0.4 is 4.89 Å². The number of hydrogen-bond donors (Lipinski definition) is 0. The number of unbranched alkanes of at least 4 members (excludes halogenated alkanes) is 49. The van der Waals surface area contributed by atoms with Gasteiger partial charge in [0, 0.05) is 12.8 Å². The maximum absolute atomic E-state index is 12.9. The summed E-state index contributed by atoms with van der Waals surface area (Å²) in [6.45, 7) is 4.20. The predicted octanol–water partition coefficient (Wildman–Crippen LogP) is 26.0. The molecule has 0 aromatic heterocycles. The van der Waals surface area contributed by atoms with Crippen molar-refractivity contribution in [2.24, 2.45) is 0 Å². The third kappa shape index (κ3) is 78.3. The van der Waals surface area contributed by atoms with Gasteiger partial charge in [0.2, 0.25) is 0 Å². The van der Waals surface area contributed by atoms with E-state index >= 15 is 0 Å². The fourth-order valence-electron chi connectivity index (χ4n) is 11.9. The van der Waals surface area contributed by atoms with Gasteiger partial charge in [0.05, 0.1) is 27.7 Å². The number of ether oxygens (including phenoxy) is 2. The Balaban J connectivity index is 3.93. The van der Waals surface area contributed by atoms with E-state index in [4.69, 9.17) is 18.5 Å². The zero-order valence-electron chi connectivity index (χ0n) is 62.2. The van der Waals surface area contributed by atoms with E-state index < -0.39 is 26.5 Å². The van der Waals surface area contributed by atoms with Crippen LogP contribution in [0.5, 0.6) is 0 Å². The first-order valence-corrected chi connectivity index (χ1v) is 41.6. The van der Waals surface area contributed by atoms with Gasteiger partial charge in [0.15, 0.2) is 6.10 Å².